The van der Waals surface area contributed by atoms with Crippen molar-refractivity contribution >= 4 is 17.6 Å². The average Bonchev–Trinajstić information content (AvgIpc) is 3.17. The zero-order chi connectivity index (χ0) is 21.4. The summed E-state index contributed by atoms with van der Waals surface area (Å²) in [5.74, 6) is 1.31. The zero-order valence-electron chi connectivity index (χ0n) is 17.9. The summed E-state index contributed by atoms with van der Waals surface area (Å²) >= 11 is 0. The average molecular weight is 415 g/mol. The first kappa shape index (κ1) is 20.5. The van der Waals surface area contributed by atoms with Gasteiger partial charge >= 0.3 is 6.03 Å². The summed E-state index contributed by atoms with van der Waals surface area (Å²) in [5.41, 5.74) is 0.893. The number of ether oxygens (including phenoxy) is 2. The molecule has 1 aromatic carbocycles. The first-order valence-electron chi connectivity index (χ1n) is 10.2. The Labute approximate surface area is 176 Å². The summed E-state index contributed by atoms with van der Waals surface area (Å²) in [6, 6.07) is 4.98. The van der Waals surface area contributed by atoms with Gasteiger partial charge < -0.3 is 19.3 Å². The topological polar surface area (TPSA) is 77.6 Å². The van der Waals surface area contributed by atoms with E-state index in [2.05, 4.69) is 15.1 Å². The van der Waals surface area contributed by atoms with Gasteiger partial charge in [0, 0.05) is 32.7 Å². The lowest BCUT2D eigenvalue weighted by molar-refractivity contribution is -0.138. The highest BCUT2D eigenvalue weighted by molar-refractivity contribution is 6.00. The van der Waals surface area contributed by atoms with Crippen LogP contribution in [0.25, 0.3) is 0 Å². The second-order valence-corrected chi connectivity index (χ2v) is 7.66. The van der Waals surface area contributed by atoms with Crippen LogP contribution in [0.3, 0.4) is 0 Å². The molecule has 30 heavy (non-hydrogen) atoms. The maximum atomic E-state index is 13.3. The smallest absolute Gasteiger partial charge is 0.328 e. The molecule has 1 aromatic rings. The Kier molecular flexibility index (Phi) is 5.57. The number of amides is 3. The van der Waals surface area contributed by atoms with Gasteiger partial charge in [-0.25, -0.2) is 4.79 Å². The van der Waals surface area contributed by atoms with Crippen LogP contribution in [0.4, 0.5) is 10.5 Å². The van der Waals surface area contributed by atoms with E-state index in [1.165, 1.54) is 4.90 Å². The molecule has 162 valence electrons. The van der Waals surface area contributed by atoms with Gasteiger partial charge in [-0.15, -0.1) is 0 Å². The van der Waals surface area contributed by atoms with Gasteiger partial charge in [0.1, 0.15) is 30.0 Å². The van der Waals surface area contributed by atoms with Gasteiger partial charge in [-0.05, 0) is 25.5 Å². The predicted octanol–water partition coefficient (Wildman–Crippen LogP) is 1.27. The minimum Gasteiger partial charge on any atom is -0.497 e. The number of likely N-dealkylation sites (N-methyl/N-ethyl adjacent to an activating group) is 1. The molecule has 3 unspecified atom stereocenters. The van der Waals surface area contributed by atoms with Gasteiger partial charge in [-0.1, -0.05) is 12.2 Å². The van der Waals surface area contributed by atoms with E-state index >= 15 is 0 Å². The second kappa shape index (κ2) is 8.16. The zero-order valence-corrected chi connectivity index (χ0v) is 17.9. The first-order chi connectivity index (χ1) is 14.5. The van der Waals surface area contributed by atoms with E-state index in [1.807, 2.05) is 37.3 Å². The molecular weight excluding hydrogens is 386 g/mol. The molecule has 9 nitrogen and oxygen atoms in total. The monoisotopic (exact) mass is 415 g/mol. The molecule has 4 rings (SSSR count). The number of carbonyl (C=O) groups excluding carboxylic acids is 2. The third-order valence-corrected chi connectivity index (χ3v) is 6.09. The maximum absolute atomic E-state index is 13.3. The molecule has 3 aliphatic heterocycles. The number of nitrogens with zero attached hydrogens (tertiary/aromatic N) is 4. The molecule has 3 aliphatic rings. The molecule has 0 spiro atoms. The van der Waals surface area contributed by atoms with Crippen molar-refractivity contribution in [2.45, 2.75) is 31.8 Å². The Balaban J connectivity index is 1.68. The third-order valence-electron chi connectivity index (χ3n) is 6.09. The number of benzene rings is 1. The lowest BCUT2D eigenvalue weighted by Gasteiger charge is -2.44. The largest absolute Gasteiger partial charge is 0.497 e. The molecule has 3 atom stereocenters. The Morgan fingerprint density at radius 3 is 2.70 bits per heavy atom. The van der Waals surface area contributed by atoms with Crippen molar-refractivity contribution in [3.63, 3.8) is 0 Å². The number of hydrogen-bond donors (Lipinski definition) is 1. The number of nitrogens with one attached hydrogen (secondary N) is 1. The highest BCUT2D eigenvalue weighted by atomic mass is 16.5. The summed E-state index contributed by atoms with van der Waals surface area (Å²) < 4.78 is 11.0. The highest BCUT2D eigenvalue weighted by Gasteiger charge is 2.56. The molecule has 3 saturated heterocycles. The van der Waals surface area contributed by atoms with E-state index in [1.54, 1.807) is 26.2 Å². The van der Waals surface area contributed by atoms with Crippen LogP contribution < -0.4 is 19.7 Å². The summed E-state index contributed by atoms with van der Waals surface area (Å²) in [7, 11) is 5.02. The number of anilines is 1. The fraction of sp³-hybridized carbons (Fsp3) is 0.524. The van der Waals surface area contributed by atoms with Crippen molar-refractivity contribution in [1.82, 2.24) is 20.0 Å². The fourth-order valence-electron chi connectivity index (χ4n) is 4.57. The molecule has 9 heteroatoms. The Morgan fingerprint density at radius 2 is 2.00 bits per heavy atom. The molecule has 0 aromatic heterocycles. The summed E-state index contributed by atoms with van der Waals surface area (Å²) in [6.07, 6.45) is 3.96. The number of rotatable bonds is 5. The quantitative estimate of drug-likeness (QED) is 0.726. The maximum Gasteiger partial charge on any atom is 0.328 e. The number of hydrogen-bond acceptors (Lipinski definition) is 7. The fourth-order valence-corrected chi connectivity index (χ4v) is 4.57. The van der Waals surface area contributed by atoms with Crippen LogP contribution >= 0.6 is 0 Å². The molecule has 0 radical (unpaired) electrons. The van der Waals surface area contributed by atoms with E-state index in [0.717, 1.165) is 36.7 Å². The summed E-state index contributed by atoms with van der Waals surface area (Å²) in [6.45, 7) is 3.73. The van der Waals surface area contributed by atoms with Crippen molar-refractivity contribution in [3.8, 4) is 11.5 Å². The highest BCUT2D eigenvalue weighted by Crippen LogP contribution is 2.38. The van der Waals surface area contributed by atoms with Gasteiger partial charge in [0.25, 0.3) is 5.91 Å². The van der Waals surface area contributed by atoms with Gasteiger partial charge in [0.05, 0.1) is 19.9 Å². The number of urea groups is 1. The van der Waals surface area contributed by atoms with Crippen molar-refractivity contribution < 1.29 is 19.1 Å². The number of allylic oxidation sites excluding steroid dienone is 1. The van der Waals surface area contributed by atoms with Crippen LogP contribution in [-0.4, -0.2) is 86.0 Å². The number of carbonyl (C=O) groups is 2. The number of methoxy groups -OCH3 is 2. The van der Waals surface area contributed by atoms with E-state index in [9.17, 15) is 9.59 Å². The van der Waals surface area contributed by atoms with Crippen LogP contribution in [0.1, 0.15) is 13.3 Å². The summed E-state index contributed by atoms with van der Waals surface area (Å²) in [5, 5.41) is 3.51. The van der Waals surface area contributed by atoms with Crippen LogP contribution in [0, 0.1) is 0 Å². The van der Waals surface area contributed by atoms with Crippen molar-refractivity contribution in [2.24, 2.45) is 0 Å². The van der Waals surface area contributed by atoms with Crippen molar-refractivity contribution in [1.29, 1.82) is 0 Å². The van der Waals surface area contributed by atoms with Crippen molar-refractivity contribution in [2.75, 3.05) is 45.8 Å². The number of fused-ring (bicyclic) bond motifs is 3. The molecule has 0 saturated carbocycles. The normalized spacial score (nSPS) is 26.9. The van der Waals surface area contributed by atoms with E-state index < -0.39 is 6.04 Å². The third kappa shape index (κ3) is 3.18. The minimum atomic E-state index is -0.428. The second-order valence-electron chi connectivity index (χ2n) is 7.66. The Morgan fingerprint density at radius 1 is 1.20 bits per heavy atom. The van der Waals surface area contributed by atoms with Crippen LogP contribution in [0.15, 0.2) is 30.4 Å². The molecule has 3 fully saturated rings. The molecule has 3 amide bonds. The molecule has 0 bridgehead atoms. The van der Waals surface area contributed by atoms with Crippen LogP contribution in [-0.2, 0) is 4.79 Å². The lowest BCUT2D eigenvalue weighted by atomic mass is 10.1. The van der Waals surface area contributed by atoms with Crippen LogP contribution in [0.2, 0.25) is 0 Å². The lowest BCUT2D eigenvalue weighted by Crippen LogP contribution is -2.66. The van der Waals surface area contributed by atoms with Gasteiger partial charge in [-0.3, -0.25) is 19.9 Å². The minimum absolute atomic E-state index is 0.157. The predicted molar refractivity (Wildman–Crippen MR) is 112 cm³/mol. The van der Waals surface area contributed by atoms with E-state index in [-0.39, 0.29) is 30.9 Å². The van der Waals surface area contributed by atoms with Gasteiger partial charge in [0.2, 0.25) is 0 Å². The first-order valence-corrected chi connectivity index (χ1v) is 10.2. The Bertz CT molecular complexity index is 860. The number of imide groups is 1. The van der Waals surface area contributed by atoms with E-state index in [4.69, 9.17) is 9.47 Å². The van der Waals surface area contributed by atoms with Crippen LogP contribution in [0.5, 0.6) is 11.5 Å². The summed E-state index contributed by atoms with van der Waals surface area (Å²) in [4.78, 5) is 33.4. The van der Waals surface area contributed by atoms with Gasteiger partial charge in [-0.2, -0.15) is 0 Å². The van der Waals surface area contributed by atoms with Crippen molar-refractivity contribution in [3.05, 3.63) is 30.4 Å². The standard InChI is InChI=1S/C21H29N5O4/c1-5-6-10-26-19(27)17-18(23(2)21(26)28)22-20-24(11-7-12-25(17)20)15-13-14(29-3)8-9-16(15)30-4/h5-6,8-9,13,17-18,20,22H,7,10-12H2,1-4H3/b6-5+. The SMILES string of the molecule is C/C=C/CN1C(=O)C2C(NC3N(c4cc(OC)ccc4OC)CCCN23)N(C)C1=O. The molecule has 1 N–H and O–H groups in total. The molecule has 3 heterocycles. The molecular formula is C21H29N5O4. The van der Waals surface area contributed by atoms with E-state index in [0.29, 0.717) is 0 Å². The Hall–Kier alpha value is -2.78. The molecule has 0 aliphatic carbocycles. The van der Waals surface area contributed by atoms with Gasteiger partial charge in [0.15, 0.2) is 0 Å².